The molecule has 0 bridgehead atoms. The van der Waals surface area contributed by atoms with Gasteiger partial charge in [0, 0.05) is 19.4 Å². The van der Waals surface area contributed by atoms with Crippen LogP contribution in [0.2, 0.25) is 0 Å². The second-order valence-corrected chi connectivity index (χ2v) is 6.75. The van der Waals surface area contributed by atoms with E-state index in [1.165, 1.54) is 0 Å². The third-order valence-electron chi connectivity index (χ3n) is 4.91. The number of carbonyl (C=O) groups is 3. The molecule has 27 heavy (non-hydrogen) atoms. The number of aldehydes is 1. The molecule has 1 atom stereocenters. The molecule has 1 aliphatic heterocycles. The van der Waals surface area contributed by atoms with Gasteiger partial charge in [0.15, 0.2) is 0 Å². The molecule has 0 spiro atoms. The standard InChI is InChI=1S/C22H24N2O3/c25-16-19-12-7-15-24(19)21(27)14-13-20(26)23-22(17-8-3-1-4-9-17)18-10-5-2-6-11-18/h1-6,8-11,16,19,22H,7,12-15H2,(H,23,26)/t19-/m0/s1. The third-order valence-corrected chi connectivity index (χ3v) is 4.91. The second kappa shape index (κ2) is 9.12. The van der Waals surface area contributed by atoms with Gasteiger partial charge in [-0.1, -0.05) is 60.7 Å². The average molecular weight is 364 g/mol. The van der Waals surface area contributed by atoms with Gasteiger partial charge >= 0.3 is 0 Å². The van der Waals surface area contributed by atoms with Gasteiger partial charge in [0.2, 0.25) is 11.8 Å². The Balaban J connectivity index is 1.63. The van der Waals surface area contributed by atoms with Crippen molar-refractivity contribution in [1.82, 2.24) is 10.2 Å². The molecule has 0 unspecified atom stereocenters. The number of nitrogens with zero attached hydrogens (tertiary/aromatic N) is 1. The number of hydrogen-bond acceptors (Lipinski definition) is 3. The molecule has 2 aromatic rings. The molecule has 0 radical (unpaired) electrons. The predicted molar refractivity (Wildman–Crippen MR) is 103 cm³/mol. The molecule has 5 nitrogen and oxygen atoms in total. The zero-order chi connectivity index (χ0) is 19.1. The number of rotatable bonds is 7. The minimum Gasteiger partial charge on any atom is -0.345 e. The zero-order valence-electron chi connectivity index (χ0n) is 15.2. The Morgan fingerprint density at radius 2 is 1.59 bits per heavy atom. The van der Waals surface area contributed by atoms with Crippen molar-refractivity contribution in [2.24, 2.45) is 0 Å². The first kappa shape index (κ1) is 18.8. The van der Waals surface area contributed by atoms with Crippen LogP contribution in [-0.4, -0.2) is 35.6 Å². The van der Waals surface area contributed by atoms with Gasteiger partial charge in [-0.05, 0) is 24.0 Å². The fraction of sp³-hybridized carbons (Fsp3) is 0.318. The van der Waals surface area contributed by atoms with Crippen LogP contribution in [-0.2, 0) is 14.4 Å². The maximum atomic E-state index is 12.5. The minimum absolute atomic E-state index is 0.108. The fourth-order valence-electron chi connectivity index (χ4n) is 3.49. The van der Waals surface area contributed by atoms with E-state index in [1.54, 1.807) is 4.90 Å². The molecule has 1 fully saturated rings. The fourth-order valence-corrected chi connectivity index (χ4v) is 3.49. The average Bonchev–Trinajstić information content (AvgIpc) is 3.20. The lowest BCUT2D eigenvalue weighted by atomic mass is 9.98. The van der Waals surface area contributed by atoms with Crippen molar-refractivity contribution >= 4 is 18.1 Å². The largest absolute Gasteiger partial charge is 0.345 e. The van der Waals surface area contributed by atoms with Gasteiger partial charge in [-0.25, -0.2) is 0 Å². The van der Waals surface area contributed by atoms with Gasteiger partial charge in [0.1, 0.15) is 6.29 Å². The quantitative estimate of drug-likeness (QED) is 0.768. The van der Waals surface area contributed by atoms with E-state index in [4.69, 9.17) is 0 Å². The monoisotopic (exact) mass is 364 g/mol. The minimum atomic E-state index is -0.332. The Bertz CT molecular complexity index is 737. The summed E-state index contributed by atoms with van der Waals surface area (Å²) in [4.78, 5) is 37.5. The van der Waals surface area contributed by atoms with Gasteiger partial charge < -0.3 is 15.0 Å². The first-order chi connectivity index (χ1) is 13.2. The van der Waals surface area contributed by atoms with E-state index < -0.39 is 0 Å². The summed E-state index contributed by atoms with van der Waals surface area (Å²) >= 11 is 0. The molecule has 1 saturated heterocycles. The molecule has 1 aliphatic rings. The first-order valence-electron chi connectivity index (χ1n) is 9.33. The number of hydrogen-bond donors (Lipinski definition) is 1. The summed E-state index contributed by atoms with van der Waals surface area (Å²) in [5.41, 5.74) is 1.98. The van der Waals surface area contributed by atoms with E-state index in [2.05, 4.69) is 5.32 Å². The van der Waals surface area contributed by atoms with Gasteiger partial charge in [0.05, 0.1) is 12.1 Å². The van der Waals surface area contributed by atoms with Crippen molar-refractivity contribution in [3.8, 4) is 0 Å². The SMILES string of the molecule is O=C[C@@H]1CCCN1C(=O)CCC(=O)NC(c1ccccc1)c1ccccc1. The summed E-state index contributed by atoms with van der Waals surface area (Å²) in [6, 6.07) is 18.9. The molecule has 3 rings (SSSR count). The Morgan fingerprint density at radius 1 is 1.00 bits per heavy atom. The van der Waals surface area contributed by atoms with E-state index in [0.29, 0.717) is 13.0 Å². The highest BCUT2D eigenvalue weighted by Gasteiger charge is 2.28. The summed E-state index contributed by atoms with van der Waals surface area (Å²) in [6.07, 6.45) is 2.60. The van der Waals surface area contributed by atoms with Crippen LogP contribution < -0.4 is 5.32 Å². The summed E-state index contributed by atoms with van der Waals surface area (Å²) in [6.45, 7) is 0.598. The van der Waals surface area contributed by atoms with Gasteiger partial charge in [-0.2, -0.15) is 0 Å². The lowest BCUT2D eigenvalue weighted by Crippen LogP contribution is -2.37. The molecule has 2 aromatic carbocycles. The molecular formula is C22H24N2O3. The van der Waals surface area contributed by atoms with Crippen LogP contribution >= 0.6 is 0 Å². The van der Waals surface area contributed by atoms with Crippen molar-refractivity contribution in [2.75, 3.05) is 6.54 Å². The molecule has 1 heterocycles. The van der Waals surface area contributed by atoms with Crippen LogP contribution in [0.1, 0.15) is 42.9 Å². The van der Waals surface area contributed by atoms with Crippen LogP contribution in [0.25, 0.3) is 0 Å². The van der Waals surface area contributed by atoms with Crippen molar-refractivity contribution in [1.29, 1.82) is 0 Å². The summed E-state index contributed by atoms with van der Waals surface area (Å²) < 4.78 is 0. The van der Waals surface area contributed by atoms with Gasteiger partial charge in [-0.3, -0.25) is 9.59 Å². The van der Waals surface area contributed by atoms with Crippen molar-refractivity contribution in [2.45, 2.75) is 37.8 Å². The van der Waals surface area contributed by atoms with E-state index in [9.17, 15) is 14.4 Å². The topological polar surface area (TPSA) is 66.5 Å². The zero-order valence-corrected chi connectivity index (χ0v) is 15.2. The molecule has 0 aliphatic carbocycles. The highest BCUT2D eigenvalue weighted by Crippen LogP contribution is 2.22. The number of carbonyl (C=O) groups excluding carboxylic acids is 3. The van der Waals surface area contributed by atoms with E-state index >= 15 is 0 Å². The molecule has 140 valence electrons. The van der Waals surface area contributed by atoms with Crippen LogP contribution in [0.15, 0.2) is 60.7 Å². The number of amides is 2. The molecule has 0 saturated carbocycles. The van der Waals surface area contributed by atoms with Crippen LogP contribution in [0.4, 0.5) is 0 Å². The summed E-state index contributed by atoms with van der Waals surface area (Å²) in [5.74, 6) is -0.307. The highest BCUT2D eigenvalue weighted by molar-refractivity contribution is 5.85. The third kappa shape index (κ3) is 4.82. The van der Waals surface area contributed by atoms with Crippen LogP contribution in [0.5, 0.6) is 0 Å². The lowest BCUT2D eigenvalue weighted by Gasteiger charge is -2.22. The lowest BCUT2D eigenvalue weighted by molar-refractivity contribution is -0.136. The second-order valence-electron chi connectivity index (χ2n) is 6.75. The smallest absolute Gasteiger partial charge is 0.223 e. The first-order valence-corrected chi connectivity index (χ1v) is 9.33. The molecule has 2 amide bonds. The Labute approximate surface area is 159 Å². The number of benzene rings is 2. The Kier molecular flexibility index (Phi) is 6.36. The van der Waals surface area contributed by atoms with Crippen LogP contribution in [0.3, 0.4) is 0 Å². The maximum Gasteiger partial charge on any atom is 0.223 e. The Hall–Kier alpha value is -2.95. The normalized spacial score (nSPS) is 16.3. The number of nitrogens with one attached hydrogen (secondary N) is 1. The molecule has 0 aromatic heterocycles. The predicted octanol–water partition coefficient (Wildman–Crippen LogP) is 2.86. The molecular weight excluding hydrogens is 340 g/mol. The highest BCUT2D eigenvalue weighted by atomic mass is 16.2. The van der Waals surface area contributed by atoms with E-state index in [1.807, 2.05) is 60.7 Å². The van der Waals surface area contributed by atoms with Gasteiger partial charge in [-0.15, -0.1) is 0 Å². The van der Waals surface area contributed by atoms with Gasteiger partial charge in [0.25, 0.3) is 0 Å². The summed E-state index contributed by atoms with van der Waals surface area (Å²) in [7, 11) is 0. The van der Waals surface area contributed by atoms with Crippen molar-refractivity contribution in [3.63, 3.8) is 0 Å². The maximum absolute atomic E-state index is 12.5. The molecule has 5 heteroatoms. The molecule has 1 N–H and O–H groups in total. The van der Waals surface area contributed by atoms with E-state index in [0.717, 1.165) is 23.8 Å². The van der Waals surface area contributed by atoms with Crippen LogP contribution in [0, 0.1) is 0 Å². The number of likely N-dealkylation sites (tertiary alicyclic amines) is 1. The van der Waals surface area contributed by atoms with E-state index in [-0.39, 0.29) is 36.7 Å². The van der Waals surface area contributed by atoms with Crippen molar-refractivity contribution in [3.05, 3.63) is 71.8 Å². The summed E-state index contributed by atoms with van der Waals surface area (Å²) in [5, 5.41) is 3.04. The Morgan fingerprint density at radius 3 is 2.15 bits per heavy atom. The van der Waals surface area contributed by atoms with Crippen molar-refractivity contribution < 1.29 is 14.4 Å².